The van der Waals surface area contributed by atoms with Crippen molar-refractivity contribution in [3.05, 3.63) is 30.3 Å². The van der Waals surface area contributed by atoms with E-state index in [9.17, 15) is 0 Å². The maximum Gasteiger partial charge on any atom is 0.242 e. The quantitative estimate of drug-likeness (QED) is 0.709. The Bertz CT molecular complexity index is 334. The predicted octanol–water partition coefficient (Wildman–Crippen LogP) is 3.29. The molecule has 13 heavy (non-hydrogen) atoms. The summed E-state index contributed by atoms with van der Waals surface area (Å²) < 4.78 is 0. The second-order valence-electron chi connectivity index (χ2n) is 2.73. The number of thioether (sulfide) groups is 1. The maximum atomic E-state index is 3.92. The van der Waals surface area contributed by atoms with Gasteiger partial charge in [0.15, 0.2) is 0 Å². The highest BCUT2D eigenvalue weighted by molar-refractivity contribution is 8.00. The van der Waals surface area contributed by atoms with Crippen LogP contribution in [-0.2, 0) is 0 Å². The zero-order chi connectivity index (χ0) is 9.15. The van der Waals surface area contributed by atoms with Crippen molar-refractivity contribution in [2.45, 2.75) is 16.8 Å². The number of hydrogen-bond acceptors (Lipinski definition) is 5. The van der Waals surface area contributed by atoms with Crippen LogP contribution in [0.4, 0.5) is 0 Å². The molecule has 0 radical (unpaired) electrons. The molecule has 0 aliphatic carbocycles. The van der Waals surface area contributed by atoms with E-state index in [1.165, 1.54) is 11.8 Å². The third-order valence-electron chi connectivity index (χ3n) is 1.55. The van der Waals surface area contributed by atoms with E-state index in [1.54, 1.807) is 0 Å². The molecule has 0 saturated heterocycles. The minimum absolute atomic E-state index is 0.568. The van der Waals surface area contributed by atoms with Crippen molar-refractivity contribution in [2.24, 2.45) is 20.7 Å². The topological polar surface area (TPSA) is 49.4 Å². The molecule has 0 atom stereocenters. The standard InChI is InChI=1S/C8H8N4S/c1-8(9-11-12-10-8)13-7-5-3-2-4-6-7/h2-6H,1H3. The van der Waals surface area contributed by atoms with Gasteiger partial charge in [-0.3, -0.25) is 0 Å². The highest BCUT2D eigenvalue weighted by Crippen LogP contribution is 2.37. The molecule has 0 aromatic heterocycles. The Morgan fingerprint density at radius 3 is 2.31 bits per heavy atom. The molecule has 1 heterocycles. The molecular weight excluding hydrogens is 184 g/mol. The van der Waals surface area contributed by atoms with Crippen LogP contribution in [0, 0.1) is 0 Å². The monoisotopic (exact) mass is 192 g/mol. The fourth-order valence-corrected chi connectivity index (χ4v) is 1.87. The fourth-order valence-electron chi connectivity index (χ4n) is 0.979. The lowest BCUT2D eigenvalue weighted by atomic mass is 10.4. The molecule has 0 amide bonds. The first kappa shape index (κ1) is 8.37. The molecular formula is C8H8N4S. The first-order valence-electron chi connectivity index (χ1n) is 3.87. The lowest BCUT2D eigenvalue weighted by molar-refractivity contribution is 0.710. The average molecular weight is 192 g/mol. The van der Waals surface area contributed by atoms with Gasteiger partial charge < -0.3 is 0 Å². The van der Waals surface area contributed by atoms with Crippen molar-refractivity contribution >= 4 is 11.8 Å². The van der Waals surface area contributed by atoms with E-state index >= 15 is 0 Å². The van der Waals surface area contributed by atoms with E-state index in [1.807, 2.05) is 37.3 Å². The molecule has 1 aliphatic heterocycles. The molecule has 1 aromatic rings. The Hall–Kier alpha value is -1.23. The van der Waals surface area contributed by atoms with Crippen molar-refractivity contribution in [2.75, 3.05) is 0 Å². The summed E-state index contributed by atoms with van der Waals surface area (Å²) in [6.45, 7) is 1.88. The van der Waals surface area contributed by atoms with Crippen molar-refractivity contribution in [1.82, 2.24) is 0 Å². The van der Waals surface area contributed by atoms with Gasteiger partial charge in [0, 0.05) is 4.90 Å². The normalized spacial score (nSPS) is 17.9. The molecule has 66 valence electrons. The van der Waals surface area contributed by atoms with Gasteiger partial charge in [-0.05, 0) is 29.5 Å². The van der Waals surface area contributed by atoms with Gasteiger partial charge >= 0.3 is 0 Å². The molecule has 2 rings (SSSR count). The lowest BCUT2D eigenvalue weighted by Crippen LogP contribution is -2.08. The molecule has 1 aromatic carbocycles. The number of nitrogens with zero attached hydrogens (tertiary/aromatic N) is 4. The molecule has 1 aliphatic rings. The Kier molecular flexibility index (Phi) is 2.10. The van der Waals surface area contributed by atoms with Crippen LogP contribution in [0.25, 0.3) is 0 Å². The van der Waals surface area contributed by atoms with Crippen LogP contribution in [0.1, 0.15) is 6.92 Å². The summed E-state index contributed by atoms with van der Waals surface area (Å²) in [6.07, 6.45) is 0. The van der Waals surface area contributed by atoms with Gasteiger partial charge in [-0.1, -0.05) is 30.0 Å². The number of benzene rings is 1. The number of hydrogen-bond donors (Lipinski definition) is 0. The van der Waals surface area contributed by atoms with Crippen molar-refractivity contribution in [1.29, 1.82) is 0 Å². The predicted molar refractivity (Wildman–Crippen MR) is 50.4 cm³/mol. The van der Waals surface area contributed by atoms with Crippen molar-refractivity contribution in [3.8, 4) is 0 Å². The summed E-state index contributed by atoms with van der Waals surface area (Å²) in [6, 6.07) is 9.96. The van der Waals surface area contributed by atoms with Gasteiger partial charge in [-0.25, -0.2) is 0 Å². The molecule has 0 N–H and O–H groups in total. The van der Waals surface area contributed by atoms with Crippen molar-refractivity contribution in [3.63, 3.8) is 0 Å². The van der Waals surface area contributed by atoms with E-state index < -0.39 is 4.99 Å². The molecule has 0 unspecified atom stereocenters. The zero-order valence-electron chi connectivity index (χ0n) is 7.08. The van der Waals surface area contributed by atoms with Crippen LogP contribution >= 0.6 is 11.8 Å². The van der Waals surface area contributed by atoms with Crippen LogP contribution < -0.4 is 0 Å². The highest BCUT2D eigenvalue weighted by atomic mass is 32.2. The summed E-state index contributed by atoms with van der Waals surface area (Å²) in [5.41, 5.74) is 0. The Labute approximate surface area is 80.1 Å². The van der Waals surface area contributed by atoms with Gasteiger partial charge in [0.1, 0.15) is 0 Å². The van der Waals surface area contributed by atoms with Gasteiger partial charge in [0.05, 0.1) is 0 Å². The van der Waals surface area contributed by atoms with E-state index in [-0.39, 0.29) is 0 Å². The van der Waals surface area contributed by atoms with Crippen molar-refractivity contribution < 1.29 is 0 Å². The Morgan fingerprint density at radius 2 is 1.69 bits per heavy atom. The smallest absolute Gasteiger partial charge is 0.123 e. The second-order valence-corrected chi connectivity index (χ2v) is 4.18. The molecule has 0 bridgehead atoms. The molecule has 4 nitrogen and oxygen atoms in total. The van der Waals surface area contributed by atoms with Crippen LogP contribution in [0.3, 0.4) is 0 Å². The minimum Gasteiger partial charge on any atom is -0.123 e. The first-order valence-corrected chi connectivity index (χ1v) is 4.68. The summed E-state index contributed by atoms with van der Waals surface area (Å²) >= 11 is 1.53. The highest BCUT2D eigenvalue weighted by Gasteiger charge is 2.27. The SMILES string of the molecule is CC1(Sc2ccccc2)N=NN=N1. The molecule has 0 spiro atoms. The Balaban J connectivity index is 2.15. The lowest BCUT2D eigenvalue weighted by Gasteiger charge is -2.11. The molecule has 0 saturated carbocycles. The summed E-state index contributed by atoms with van der Waals surface area (Å²) in [5.74, 6) is 0. The summed E-state index contributed by atoms with van der Waals surface area (Å²) in [5, 5.41) is 14.8. The van der Waals surface area contributed by atoms with Gasteiger partial charge in [-0.15, -0.1) is 10.2 Å². The second kappa shape index (κ2) is 3.26. The van der Waals surface area contributed by atoms with Gasteiger partial charge in [0.25, 0.3) is 0 Å². The summed E-state index contributed by atoms with van der Waals surface area (Å²) in [7, 11) is 0. The van der Waals surface area contributed by atoms with Crippen LogP contribution in [0.15, 0.2) is 55.9 Å². The zero-order valence-corrected chi connectivity index (χ0v) is 7.90. The molecule has 0 fully saturated rings. The minimum atomic E-state index is -0.568. The molecule has 5 heteroatoms. The third-order valence-corrected chi connectivity index (χ3v) is 2.61. The van der Waals surface area contributed by atoms with Crippen LogP contribution in [0.2, 0.25) is 0 Å². The Morgan fingerprint density at radius 1 is 1.08 bits per heavy atom. The third kappa shape index (κ3) is 1.92. The van der Waals surface area contributed by atoms with Gasteiger partial charge in [0.2, 0.25) is 4.99 Å². The van der Waals surface area contributed by atoms with E-state index in [0.29, 0.717) is 0 Å². The van der Waals surface area contributed by atoms with E-state index in [0.717, 1.165) is 4.90 Å². The fraction of sp³-hybridized carbons (Fsp3) is 0.250. The summed E-state index contributed by atoms with van der Waals surface area (Å²) in [4.78, 5) is 0.547. The maximum absolute atomic E-state index is 3.92. The van der Waals surface area contributed by atoms with Crippen LogP contribution in [-0.4, -0.2) is 4.99 Å². The first-order chi connectivity index (χ1) is 6.29. The van der Waals surface area contributed by atoms with Gasteiger partial charge in [-0.2, -0.15) is 0 Å². The van der Waals surface area contributed by atoms with E-state index in [4.69, 9.17) is 0 Å². The average Bonchev–Trinajstić information content (AvgIpc) is 2.54. The van der Waals surface area contributed by atoms with E-state index in [2.05, 4.69) is 20.7 Å². The van der Waals surface area contributed by atoms with Crippen LogP contribution in [0.5, 0.6) is 0 Å². The number of rotatable bonds is 2. The largest absolute Gasteiger partial charge is 0.242 e.